The summed E-state index contributed by atoms with van der Waals surface area (Å²) in [5.41, 5.74) is 2.99. The van der Waals surface area contributed by atoms with Gasteiger partial charge in [0.25, 0.3) is 0 Å². The fourth-order valence-corrected chi connectivity index (χ4v) is 4.98. The number of fused-ring (bicyclic) bond motifs is 2. The molecular formula is C19H14ClN3O3S2. The molecule has 4 aromatic rings. The van der Waals surface area contributed by atoms with Gasteiger partial charge in [0.1, 0.15) is 5.75 Å². The van der Waals surface area contributed by atoms with Crippen molar-refractivity contribution in [2.24, 2.45) is 0 Å². The number of thiazole rings is 1. The lowest BCUT2D eigenvalue weighted by molar-refractivity contribution is 0.174. The summed E-state index contributed by atoms with van der Waals surface area (Å²) in [5, 5.41) is 12.2. The molecule has 0 atom stereocenters. The molecular weight excluding hydrogens is 418 g/mol. The maximum Gasteiger partial charge on any atom is 0.231 e. The van der Waals surface area contributed by atoms with E-state index in [9.17, 15) is 0 Å². The summed E-state index contributed by atoms with van der Waals surface area (Å²) in [7, 11) is 1.65. The maximum atomic E-state index is 6.22. The fourth-order valence-electron chi connectivity index (χ4n) is 3.04. The van der Waals surface area contributed by atoms with Crippen molar-refractivity contribution in [1.29, 1.82) is 0 Å². The Balaban J connectivity index is 1.48. The quantitative estimate of drug-likeness (QED) is 0.408. The average molecular weight is 432 g/mol. The third kappa shape index (κ3) is 3.07. The zero-order valence-electron chi connectivity index (χ0n) is 14.7. The number of ether oxygens (including phenoxy) is 3. The molecule has 28 heavy (non-hydrogen) atoms. The maximum absolute atomic E-state index is 6.22. The Morgan fingerprint density at radius 1 is 1.18 bits per heavy atom. The lowest BCUT2D eigenvalue weighted by Crippen LogP contribution is -1.93. The molecule has 2 aromatic carbocycles. The molecule has 0 fully saturated rings. The van der Waals surface area contributed by atoms with Crippen LogP contribution in [0.15, 0.2) is 46.9 Å². The van der Waals surface area contributed by atoms with Crippen molar-refractivity contribution in [2.45, 2.75) is 10.9 Å². The normalized spacial score (nSPS) is 12.6. The first-order valence-corrected chi connectivity index (χ1v) is 10.6. The lowest BCUT2D eigenvalue weighted by atomic mass is 10.1. The minimum absolute atomic E-state index is 0.274. The first kappa shape index (κ1) is 17.7. The molecule has 1 aliphatic rings. The zero-order valence-corrected chi connectivity index (χ0v) is 17.1. The number of thioether (sulfide) groups is 1. The monoisotopic (exact) mass is 431 g/mol. The summed E-state index contributed by atoms with van der Waals surface area (Å²) < 4.78 is 18.4. The Kier molecular flexibility index (Phi) is 4.54. The van der Waals surface area contributed by atoms with Gasteiger partial charge in [0.05, 0.1) is 12.8 Å². The summed E-state index contributed by atoms with van der Waals surface area (Å²) in [6.45, 7) is 0.274. The van der Waals surface area contributed by atoms with E-state index < -0.39 is 0 Å². The highest BCUT2D eigenvalue weighted by atomic mass is 35.5. The van der Waals surface area contributed by atoms with Gasteiger partial charge in [0.15, 0.2) is 16.7 Å². The minimum Gasteiger partial charge on any atom is -0.496 e. The van der Waals surface area contributed by atoms with Crippen LogP contribution in [0, 0.1) is 0 Å². The van der Waals surface area contributed by atoms with Gasteiger partial charge in [0.2, 0.25) is 11.8 Å². The van der Waals surface area contributed by atoms with Crippen molar-refractivity contribution < 1.29 is 14.2 Å². The first-order valence-electron chi connectivity index (χ1n) is 8.41. The second kappa shape index (κ2) is 7.20. The molecule has 6 nitrogen and oxygen atoms in total. The number of benzene rings is 2. The van der Waals surface area contributed by atoms with Crippen LogP contribution in [0.3, 0.4) is 0 Å². The number of methoxy groups -OCH3 is 1. The van der Waals surface area contributed by atoms with Crippen molar-refractivity contribution in [1.82, 2.24) is 14.6 Å². The van der Waals surface area contributed by atoms with Gasteiger partial charge in [0, 0.05) is 21.7 Å². The van der Waals surface area contributed by atoms with E-state index in [2.05, 4.69) is 10.2 Å². The first-order chi connectivity index (χ1) is 13.7. The van der Waals surface area contributed by atoms with Gasteiger partial charge in [-0.3, -0.25) is 4.40 Å². The van der Waals surface area contributed by atoms with Gasteiger partial charge in [-0.05, 0) is 35.9 Å². The predicted octanol–water partition coefficient (Wildman–Crippen LogP) is 5.14. The van der Waals surface area contributed by atoms with E-state index in [1.54, 1.807) is 18.9 Å². The van der Waals surface area contributed by atoms with Crippen molar-refractivity contribution in [3.8, 4) is 28.5 Å². The third-order valence-electron chi connectivity index (χ3n) is 4.36. The van der Waals surface area contributed by atoms with Gasteiger partial charge >= 0.3 is 0 Å². The van der Waals surface area contributed by atoms with E-state index in [1.807, 2.05) is 46.2 Å². The smallest absolute Gasteiger partial charge is 0.231 e. The van der Waals surface area contributed by atoms with Crippen LogP contribution < -0.4 is 14.2 Å². The molecule has 142 valence electrons. The molecule has 0 bridgehead atoms. The van der Waals surface area contributed by atoms with Crippen LogP contribution in [0.5, 0.6) is 17.2 Å². The Morgan fingerprint density at radius 3 is 2.96 bits per heavy atom. The molecule has 0 radical (unpaired) electrons. The van der Waals surface area contributed by atoms with Crippen LogP contribution in [0.4, 0.5) is 0 Å². The highest BCUT2D eigenvalue weighted by molar-refractivity contribution is 7.98. The number of nitrogens with zero attached hydrogens (tertiary/aromatic N) is 3. The highest BCUT2D eigenvalue weighted by Crippen LogP contribution is 2.38. The van der Waals surface area contributed by atoms with Crippen molar-refractivity contribution in [2.75, 3.05) is 13.9 Å². The number of aromatic nitrogens is 3. The summed E-state index contributed by atoms with van der Waals surface area (Å²) in [5.74, 6) is 3.06. The van der Waals surface area contributed by atoms with E-state index in [1.165, 1.54) is 11.3 Å². The molecule has 0 aliphatic carbocycles. The number of halogens is 1. The van der Waals surface area contributed by atoms with E-state index in [0.717, 1.165) is 49.9 Å². The van der Waals surface area contributed by atoms with E-state index in [0.29, 0.717) is 5.02 Å². The summed E-state index contributed by atoms with van der Waals surface area (Å²) in [6, 6.07) is 11.5. The second-order valence-corrected chi connectivity index (χ2v) is 8.26. The molecule has 0 unspecified atom stereocenters. The van der Waals surface area contributed by atoms with Gasteiger partial charge in [-0.15, -0.1) is 21.5 Å². The number of hydrogen-bond donors (Lipinski definition) is 0. The van der Waals surface area contributed by atoms with Gasteiger partial charge in [-0.2, -0.15) is 0 Å². The molecule has 0 saturated carbocycles. The lowest BCUT2D eigenvalue weighted by Gasteiger charge is -2.09. The van der Waals surface area contributed by atoms with Crippen molar-refractivity contribution in [3.63, 3.8) is 0 Å². The van der Waals surface area contributed by atoms with Crippen LogP contribution in [-0.2, 0) is 5.75 Å². The van der Waals surface area contributed by atoms with Crippen LogP contribution >= 0.6 is 34.7 Å². The van der Waals surface area contributed by atoms with Gasteiger partial charge < -0.3 is 14.2 Å². The average Bonchev–Trinajstić information content (AvgIpc) is 3.42. The van der Waals surface area contributed by atoms with E-state index in [-0.39, 0.29) is 6.79 Å². The van der Waals surface area contributed by atoms with Crippen molar-refractivity contribution in [3.05, 3.63) is 52.4 Å². The van der Waals surface area contributed by atoms with Crippen LogP contribution in [0.25, 0.3) is 16.2 Å². The summed E-state index contributed by atoms with van der Waals surface area (Å²) >= 11 is 9.37. The second-order valence-electron chi connectivity index (χ2n) is 6.04. The zero-order chi connectivity index (χ0) is 19.1. The third-order valence-corrected chi connectivity index (χ3v) is 6.41. The topological polar surface area (TPSA) is 57.9 Å². The minimum atomic E-state index is 0.274. The highest BCUT2D eigenvalue weighted by Gasteiger charge is 2.18. The molecule has 0 saturated heterocycles. The molecule has 5 rings (SSSR count). The Morgan fingerprint density at radius 2 is 2.07 bits per heavy atom. The number of rotatable bonds is 5. The Bertz CT molecular complexity index is 1170. The Labute approximate surface area is 174 Å². The SMILES string of the molecule is COc1ccc(Cl)cc1-c1csc2nnc(SCc3ccc4c(c3)OCO4)n12. The Hall–Kier alpha value is -2.42. The van der Waals surface area contributed by atoms with Gasteiger partial charge in [-0.1, -0.05) is 29.4 Å². The van der Waals surface area contributed by atoms with Crippen LogP contribution in [-0.4, -0.2) is 28.5 Å². The fraction of sp³-hybridized carbons (Fsp3) is 0.158. The summed E-state index contributed by atoms with van der Waals surface area (Å²) in [4.78, 5) is 0.824. The van der Waals surface area contributed by atoms with E-state index >= 15 is 0 Å². The molecule has 3 heterocycles. The van der Waals surface area contributed by atoms with E-state index in [4.69, 9.17) is 25.8 Å². The summed E-state index contributed by atoms with van der Waals surface area (Å²) in [6.07, 6.45) is 0. The van der Waals surface area contributed by atoms with Crippen molar-refractivity contribution >= 4 is 39.7 Å². The largest absolute Gasteiger partial charge is 0.496 e. The van der Waals surface area contributed by atoms with Crippen LogP contribution in [0.2, 0.25) is 5.02 Å². The molecule has 1 aliphatic heterocycles. The molecule has 2 aromatic heterocycles. The van der Waals surface area contributed by atoms with Gasteiger partial charge in [-0.25, -0.2) is 0 Å². The molecule has 9 heteroatoms. The number of hydrogen-bond acceptors (Lipinski definition) is 7. The predicted molar refractivity (Wildman–Crippen MR) is 110 cm³/mol. The molecule has 0 amide bonds. The molecule has 0 N–H and O–H groups in total. The standard InChI is InChI=1S/C19H14ClN3O3S2/c1-24-15-5-3-12(20)7-13(15)14-9-28-19-22-21-18(23(14)19)27-8-11-2-4-16-17(6-11)26-10-25-16/h2-7,9H,8,10H2,1H3. The van der Waals surface area contributed by atoms with Crippen LogP contribution in [0.1, 0.15) is 5.56 Å². The molecule has 0 spiro atoms.